The minimum Gasteiger partial charge on any atom is -0.397 e. The Labute approximate surface area is 107 Å². The summed E-state index contributed by atoms with van der Waals surface area (Å²) in [5.41, 5.74) is 6.31. The van der Waals surface area contributed by atoms with Crippen LogP contribution in [-0.4, -0.2) is 28.6 Å². The largest absolute Gasteiger partial charge is 0.397 e. The Balaban J connectivity index is 2.48. The van der Waals surface area contributed by atoms with Crippen molar-refractivity contribution in [1.82, 2.24) is 10.3 Å². The molecule has 100 valence electrons. The highest BCUT2D eigenvalue weighted by molar-refractivity contribution is 5.92. The van der Waals surface area contributed by atoms with E-state index in [4.69, 9.17) is 5.73 Å². The monoisotopic (exact) mass is 251 g/mol. The maximum Gasteiger partial charge on any atom is 0.269 e. The Morgan fingerprint density at radius 2 is 2.11 bits per heavy atom. The average molecular weight is 251 g/mol. The molecular weight excluding hydrogens is 230 g/mol. The van der Waals surface area contributed by atoms with E-state index in [1.54, 1.807) is 12.1 Å². The van der Waals surface area contributed by atoms with Crippen molar-refractivity contribution in [2.45, 2.75) is 32.8 Å². The van der Waals surface area contributed by atoms with Gasteiger partial charge in [0.1, 0.15) is 5.69 Å². The van der Waals surface area contributed by atoms with E-state index in [0.717, 1.165) is 12.8 Å². The summed E-state index contributed by atoms with van der Waals surface area (Å²) < 4.78 is 0. The zero-order chi connectivity index (χ0) is 13.5. The molecular formula is C13H21N3O2. The fraction of sp³-hybridized carbons (Fsp3) is 0.538. The summed E-state index contributed by atoms with van der Waals surface area (Å²) in [5, 5.41) is 12.6. The molecule has 0 bridgehead atoms. The molecule has 5 nitrogen and oxygen atoms in total. The van der Waals surface area contributed by atoms with Crippen LogP contribution in [0.15, 0.2) is 18.3 Å². The molecule has 0 aliphatic carbocycles. The first-order valence-electron chi connectivity index (χ1n) is 6.26. The summed E-state index contributed by atoms with van der Waals surface area (Å²) in [4.78, 5) is 15.7. The molecule has 0 aliphatic heterocycles. The van der Waals surface area contributed by atoms with Gasteiger partial charge in [0, 0.05) is 6.54 Å². The molecule has 18 heavy (non-hydrogen) atoms. The van der Waals surface area contributed by atoms with Gasteiger partial charge in [0.25, 0.3) is 5.91 Å². The Hall–Kier alpha value is -1.62. The van der Waals surface area contributed by atoms with E-state index < -0.39 is 6.10 Å². The first-order valence-corrected chi connectivity index (χ1v) is 6.26. The second-order valence-corrected chi connectivity index (χ2v) is 4.33. The molecule has 1 heterocycles. The van der Waals surface area contributed by atoms with Crippen LogP contribution in [0.1, 0.15) is 37.2 Å². The number of carbonyl (C=O) groups is 1. The molecule has 4 N–H and O–H groups in total. The number of aliphatic hydroxyl groups excluding tert-OH is 1. The van der Waals surface area contributed by atoms with E-state index in [-0.39, 0.29) is 18.4 Å². The van der Waals surface area contributed by atoms with Gasteiger partial charge < -0.3 is 16.2 Å². The molecule has 0 saturated carbocycles. The van der Waals surface area contributed by atoms with Crippen molar-refractivity contribution in [1.29, 1.82) is 0 Å². The summed E-state index contributed by atoms with van der Waals surface area (Å²) in [5.74, 6) is -0.0790. The number of aliphatic hydroxyl groups is 1. The predicted molar refractivity (Wildman–Crippen MR) is 71.1 cm³/mol. The molecule has 1 unspecified atom stereocenters. The van der Waals surface area contributed by atoms with Crippen molar-refractivity contribution in [3.8, 4) is 0 Å². The first-order chi connectivity index (χ1) is 8.58. The Morgan fingerprint density at radius 1 is 1.44 bits per heavy atom. The zero-order valence-corrected chi connectivity index (χ0v) is 10.9. The van der Waals surface area contributed by atoms with Crippen LogP contribution in [0.3, 0.4) is 0 Å². The maximum atomic E-state index is 11.7. The Bertz CT molecular complexity index is 374. The van der Waals surface area contributed by atoms with E-state index in [0.29, 0.717) is 11.4 Å². The number of nitrogens with one attached hydrogen (secondary N) is 1. The van der Waals surface area contributed by atoms with Crippen LogP contribution in [0.25, 0.3) is 0 Å². The summed E-state index contributed by atoms with van der Waals surface area (Å²) in [7, 11) is 0. The van der Waals surface area contributed by atoms with Crippen LogP contribution in [-0.2, 0) is 0 Å². The average Bonchev–Trinajstić information content (AvgIpc) is 2.38. The van der Waals surface area contributed by atoms with E-state index >= 15 is 0 Å². The van der Waals surface area contributed by atoms with Gasteiger partial charge in [-0.2, -0.15) is 0 Å². The van der Waals surface area contributed by atoms with Crippen LogP contribution in [0.4, 0.5) is 5.69 Å². The lowest BCUT2D eigenvalue weighted by molar-refractivity contribution is 0.0813. The molecule has 1 atom stereocenters. The highest BCUT2D eigenvalue weighted by atomic mass is 16.3. The van der Waals surface area contributed by atoms with Gasteiger partial charge in [-0.1, -0.05) is 26.7 Å². The van der Waals surface area contributed by atoms with Crippen LogP contribution in [0, 0.1) is 5.92 Å². The van der Waals surface area contributed by atoms with Gasteiger partial charge in [-0.3, -0.25) is 4.79 Å². The molecule has 1 aromatic rings. The highest BCUT2D eigenvalue weighted by Gasteiger charge is 2.16. The number of hydrogen-bond donors (Lipinski definition) is 3. The second kappa shape index (κ2) is 6.96. The third-order valence-corrected chi connectivity index (χ3v) is 3.08. The molecule has 0 aliphatic rings. The number of carbonyl (C=O) groups excluding carboxylic acids is 1. The van der Waals surface area contributed by atoms with E-state index in [1.807, 2.05) is 13.8 Å². The van der Waals surface area contributed by atoms with Gasteiger partial charge >= 0.3 is 0 Å². The minimum absolute atomic E-state index is 0.213. The number of rotatable bonds is 6. The Kier molecular flexibility index (Phi) is 5.58. The summed E-state index contributed by atoms with van der Waals surface area (Å²) in [6.45, 7) is 4.30. The summed E-state index contributed by atoms with van der Waals surface area (Å²) >= 11 is 0. The first kappa shape index (κ1) is 14.4. The number of pyridine rings is 1. The van der Waals surface area contributed by atoms with Crippen LogP contribution in [0.5, 0.6) is 0 Å². The number of anilines is 1. The lowest BCUT2D eigenvalue weighted by atomic mass is 9.96. The SMILES string of the molecule is CCC(CC)C(O)CNC(=O)c1ccc(N)cn1. The topological polar surface area (TPSA) is 88.2 Å². The molecule has 1 aromatic heterocycles. The fourth-order valence-electron chi connectivity index (χ4n) is 1.83. The van der Waals surface area contributed by atoms with Crippen molar-refractivity contribution >= 4 is 11.6 Å². The van der Waals surface area contributed by atoms with Gasteiger partial charge in [0.15, 0.2) is 0 Å². The molecule has 0 aromatic carbocycles. The number of amides is 1. The maximum absolute atomic E-state index is 11.7. The standard InChI is InChI=1S/C13H21N3O2/c1-3-9(4-2)12(17)8-16-13(18)11-6-5-10(14)7-15-11/h5-7,9,12,17H,3-4,8,14H2,1-2H3,(H,16,18). The van der Waals surface area contributed by atoms with Gasteiger partial charge in [0.05, 0.1) is 18.0 Å². The predicted octanol–water partition coefficient (Wildman–Crippen LogP) is 1.19. The fourth-order valence-corrected chi connectivity index (χ4v) is 1.83. The smallest absolute Gasteiger partial charge is 0.269 e. The van der Waals surface area contributed by atoms with Crippen LogP contribution < -0.4 is 11.1 Å². The van der Waals surface area contributed by atoms with Gasteiger partial charge in [-0.15, -0.1) is 0 Å². The normalized spacial score (nSPS) is 12.4. The van der Waals surface area contributed by atoms with E-state index in [1.165, 1.54) is 6.20 Å². The van der Waals surface area contributed by atoms with E-state index in [2.05, 4.69) is 10.3 Å². The molecule has 0 radical (unpaired) electrons. The van der Waals surface area contributed by atoms with Crippen LogP contribution in [0.2, 0.25) is 0 Å². The number of aromatic nitrogens is 1. The van der Waals surface area contributed by atoms with Gasteiger partial charge in [-0.25, -0.2) is 4.98 Å². The number of hydrogen-bond acceptors (Lipinski definition) is 4. The second-order valence-electron chi connectivity index (χ2n) is 4.33. The lowest BCUT2D eigenvalue weighted by Crippen LogP contribution is -2.36. The highest BCUT2D eigenvalue weighted by Crippen LogP contribution is 2.12. The third kappa shape index (κ3) is 4.00. The minimum atomic E-state index is -0.516. The molecule has 0 saturated heterocycles. The van der Waals surface area contributed by atoms with Gasteiger partial charge in [-0.05, 0) is 18.1 Å². The van der Waals surface area contributed by atoms with Gasteiger partial charge in [0.2, 0.25) is 0 Å². The third-order valence-electron chi connectivity index (χ3n) is 3.08. The Morgan fingerprint density at radius 3 is 2.61 bits per heavy atom. The molecule has 1 rings (SSSR count). The molecule has 0 spiro atoms. The van der Waals surface area contributed by atoms with Crippen molar-refractivity contribution in [2.75, 3.05) is 12.3 Å². The van der Waals surface area contributed by atoms with Crippen molar-refractivity contribution in [2.24, 2.45) is 5.92 Å². The summed E-state index contributed by atoms with van der Waals surface area (Å²) in [6, 6.07) is 3.19. The number of nitrogens with two attached hydrogens (primary N) is 1. The zero-order valence-electron chi connectivity index (χ0n) is 10.9. The molecule has 1 amide bonds. The van der Waals surface area contributed by atoms with Crippen LogP contribution >= 0.6 is 0 Å². The molecule has 0 fully saturated rings. The number of nitrogen functional groups attached to an aromatic ring is 1. The van der Waals surface area contributed by atoms with E-state index in [9.17, 15) is 9.90 Å². The lowest BCUT2D eigenvalue weighted by Gasteiger charge is -2.20. The number of nitrogens with zero attached hydrogens (tertiary/aromatic N) is 1. The molecule has 5 heteroatoms. The van der Waals surface area contributed by atoms with Crippen molar-refractivity contribution < 1.29 is 9.90 Å². The quantitative estimate of drug-likeness (QED) is 0.708. The summed E-state index contributed by atoms with van der Waals surface area (Å²) in [6.07, 6.45) is 2.71. The van der Waals surface area contributed by atoms with Crippen molar-refractivity contribution in [3.05, 3.63) is 24.0 Å². The van der Waals surface area contributed by atoms with Crippen molar-refractivity contribution in [3.63, 3.8) is 0 Å².